The summed E-state index contributed by atoms with van der Waals surface area (Å²) in [6.45, 7) is 3.85. The first kappa shape index (κ1) is 21.3. The van der Waals surface area contributed by atoms with Crippen molar-refractivity contribution in [3.63, 3.8) is 0 Å². The molecule has 0 aliphatic rings. The van der Waals surface area contributed by atoms with E-state index >= 15 is 0 Å². The Kier molecular flexibility index (Phi) is 6.58. The molecule has 3 aromatic rings. The summed E-state index contributed by atoms with van der Waals surface area (Å²) >= 11 is 7.35. The van der Waals surface area contributed by atoms with E-state index in [4.69, 9.17) is 11.6 Å². The van der Waals surface area contributed by atoms with Crippen LogP contribution in [0.2, 0.25) is 5.02 Å². The summed E-state index contributed by atoms with van der Waals surface area (Å²) in [5, 5.41) is 4.02. The molecular weight excluding hydrogens is 434 g/mol. The van der Waals surface area contributed by atoms with Gasteiger partial charge in [-0.3, -0.25) is 9.78 Å². The molecule has 29 heavy (non-hydrogen) atoms. The number of thiazole rings is 1. The van der Waals surface area contributed by atoms with Gasteiger partial charge >= 0.3 is 0 Å². The van der Waals surface area contributed by atoms with Gasteiger partial charge in [0, 0.05) is 16.1 Å². The van der Waals surface area contributed by atoms with Gasteiger partial charge in [0.2, 0.25) is 10.0 Å². The lowest BCUT2D eigenvalue weighted by Gasteiger charge is -2.09. The quantitative estimate of drug-likeness (QED) is 0.570. The van der Waals surface area contributed by atoms with Crippen LogP contribution in [0.1, 0.15) is 31.8 Å². The predicted molar refractivity (Wildman–Crippen MR) is 110 cm³/mol. The minimum absolute atomic E-state index is 0.0598. The van der Waals surface area contributed by atoms with Crippen LogP contribution in [0.15, 0.2) is 41.6 Å². The monoisotopic (exact) mass is 451 g/mol. The number of hydrogen-bond donors (Lipinski definition) is 2. The van der Waals surface area contributed by atoms with Gasteiger partial charge in [-0.25, -0.2) is 23.1 Å². The highest BCUT2D eigenvalue weighted by Crippen LogP contribution is 2.16. The van der Waals surface area contributed by atoms with Crippen molar-refractivity contribution in [3.05, 3.63) is 68.6 Å². The van der Waals surface area contributed by atoms with Crippen LogP contribution in [-0.4, -0.2) is 29.3 Å². The van der Waals surface area contributed by atoms with E-state index < -0.39 is 10.0 Å². The van der Waals surface area contributed by atoms with Gasteiger partial charge in [0.1, 0.15) is 5.69 Å². The van der Waals surface area contributed by atoms with Crippen LogP contribution in [0.5, 0.6) is 0 Å². The molecule has 2 heterocycles. The maximum atomic E-state index is 12.4. The molecule has 2 aromatic heterocycles. The van der Waals surface area contributed by atoms with Crippen LogP contribution in [0.25, 0.3) is 0 Å². The second kappa shape index (κ2) is 8.95. The molecule has 11 heteroatoms. The molecule has 2 N–H and O–H groups in total. The molecule has 0 saturated carbocycles. The second-order valence-electron chi connectivity index (χ2n) is 6.10. The molecule has 0 aliphatic heterocycles. The largest absolute Gasteiger partial charge is 0.346 e. The standard InChI is InChI=1S/C18H18ClN5O3S2/c1-11-16(10-23-29(26,27)15-5-3-4-13(19)6-15)21-9-17(24-11)18(25)22-8-14-7-20-12(2)28-14/h3-7,9,23H,8,10H2,1-2H3,(H,22,25). The highest BCUT2D eigenvalue weighted by Gasteiger charge is 2.16. The maximum absolute atomic E-state index is 12.4. The Morgan fingerprint density at radius 1 is 1.17 bits per heavy atom. The topological polar surface area (TPSA) is 114 Å². The summed E-state index contributed by atoms with van der Waals surface area (Å²) in [5.74, 6) is -0.363. The highest BCUT2D eigenvalue weighted by atomic mass is 35.5. The van der Waals surface area contributed by atoms with E-state index in [-0.39, 0.29) is 23.0 Å². The van der Waals surface area contributed by atoms with Gasteiger partial charge in [0.15, 0.2) is 0 Å². The number of carbonyl (C=O) groups excluding carboxylic acids is 1. The summed E-state index contributed by atoms with van der Waals surface area (Å²) in [6.07, 6.45) is 3.04. The first-order valence-electron chi connectivity index (χ1n) is 8.52. The van der Waals surface area contributed by atoms with Crippen LogP contribution in [-0.2, 0) is 23.1 Å². The fraction of sp³-hybridized carbons (Fsp3) is 0.222. The number of carbonyl (C=O) groups is 1. The van der Waals surface area contributed by atoms with Crippen LogP contribution < -0.4 is 10.0 Å². The average Bonchev–Trinajstić information content (AvgIpc) is 3.10. The predicted octanol–water partition coefficient (Wildman–Crippen LogP) is 2.61. The Bertz CT molecular complexity index is 1150. The number of amides is 1. The molecule has 0 saturated heterocycles. The van der Waals surface area contributed by atoms with Crippen molar-refractivity contribution in [1.82, 2.24) is 25.0 Å². The normalized spacial score (nSPS) is 11.4. The van der Waals surface area contributed by atoms with Gasteiger partial charge in [0.05, 0.1) is 40.6 Å². The van der Waals surface area contributed by atoms with Crippen molar-refractivity contribution in [2.24, 2.45) is 0 Å². The summed E-state index contributed by atoms with van der Waals surface area (Å²) in [6, 6.07) is 5.96. The summed E-state index contributed by atoms with van der Waals surface area (Å²) in [4.78, 5) is 25.8. The third-order valence-corrected chi connectivity index (χ3v) is 6.46. The zero-order valence-corrected chi connectivity index (χ0v) is 18.0. The summed E-state index contributed by atoms with van der Waals surface area (Å²) < 4.78 is 27.2. The molecule has 0 radical (unpaired) electrons. The molecule has 1 aromatic carbocycles. The zero-order chi connectivity index (χ0) is 21.0. The number of sulfonamides is 1. The fourth-order valence-electron chi connectivity index (χ4n) is 2.42. The van der Waals surface area contributed by atoms with Gasteiger partial charge in [-0.2, -0.15) is 0 Å². The van der Waals surface area contributed by atoms with Crippen molar-refractivity contribution < 1.29 is 13.2 Å². The number of aryl methyl sites for hydroxylation is 2. The number of halogens is 1. The lowest BCUT2D eigenvalue weighted by atomic mass is 10.3. The van der Waals surface area contributed by atoms with Crippen molar-refractivity contribution in [2.45, 2.75) is 31.8 Å². The lowest BCUT2D eigenvalue weighted by molar-refractivity contribution is 0.0945. The number of nitrogens with zero attached hydrogens (tertiary/aromatic N) is 3. The van der Waals surface area contributed by atoms with E-state index in [1.807, 2.05) is 6.92 Å². The molecule has 3 rings (SSSR count). The first-order valence-corrected chi connectivity index (χ1v) is 11.2. The molecule has 152 valence electrons. The highest BCUT2D eigenvalue weighted by molar-refractivity contribution is 7.89. The zero-order valence-electron chi connectivity index (χ0n) is 15.6. The molecule has 0 fully saturated rings. The van der Waals surface area contributed by atoms with Crippen LogP contribution >= 0.6 is 22.9 Å². The molecule has 0 unspecified atom stereocenters. The lowest BCUT2D eigenvalue weighted by Crippen LogP contribution is -2.26. The molecule has 0 atom stereocenters. The second-order valence-corrected chi connectivity index (χ2v) is 9.62. The number of aromatic nitrogens is 3. The minimum Gasteiger partial charge on any atom is -0.346 e. The number of hydrogen-bond acceptors (Lipinski definition) is 7. The number of rotatable bonds is 7. The van der Waals surface area contributed by atoms with E-state index in [0.29, 0.717) is 23.0 Å². The van der Waals surface area contributed by atoms with Crippen LogP contribution in [0, 0.1) is 13.8 Å². The van der Waals surface area contributed by atoms with Gasteiger partial charge in [-0.05, 0) is 32.0 Å². The van der Waals surface area contributed by atoms with E-state index in [1.165, 1.54) is 29.7 Å². The molecule has 1 amide bonds. The smallest absolute Gasteiger partial charge is 0.271 e. The SMILES string of the molecule is Cc1ncc(CNC(=O)c2cnc(CNS(=O)(=O)c3cccc(Cl)c3)c(C)n2)s1. The third kappa shape index (κ3) is 5.57. The van der Waals surface area contributed by atoms with E-state index in [2.05, 4.69) is 25.0 Å². The summed E-state index contributed by atoms with van der Waals surface area (Å²) in [7, 11) is -3.75. The Morgan fingerprint density at radius 2 is 1.97 bits per heavy atom. The Balaban J connectivity index is 1.64. The summed E-state index contributed by atoms with van der Waals surface area (Å²) in [5.41, 5.74) is 1.04. The molecule has 0 spiro atoms. The number of benzene rings is 1. The Hall–Kier alpha value is -2.40. The van der Waals surface area contributed by atoms with E-state index in [0.717, 1.165) is 9.88 Å². The minimum atomic E-state index is -3.75. The Labute approximate surface area is 177 Å². The fourth-order valence-corrected chi connectivity index (χ4v) is 4.44. The third-order valence-electron chi connectivity index (χ3n) is 3.91. The van der Waals surface area contributed by atoms with Gasteiger partial charge < -0.3 is 5.32 Å². The molecule has 8 nitrogen and oxygen atoms in total. The van der Waals surface area contributed by atoms with E-state index in [1.54, 1.807) is 25.3 Å². The molecule has 0 aliphatic carbocycles. The van der Waals surface area contributed by atoms with Crippen molar-refractivity contribution >= 4 is 38.9 Å². The van der Waals surface area contributed by atoms with E-state index in [9.17, 15) is 13.2 Å². The van der Waals surface area contributed by atoms with Crippen LogP contribution in [0.4, 0.5) is 0 Å². The van der Waals surface area contributed by atoms with Gasteiger partial charge in [-0.15, -0.1) is 11.3 Å². The Morgan fingerprint density at radius 3 is 2.62 bits per heavy atom. The molecular formula is C18H18ClN5O3S2. The van der Waals surface area contributed by atoms with Crippen molar-refractivity contribution in [3.8, 4) is 0 Å². The molecule has 0 bridgehead atoms. The van der Waals surface area contributed by atoms with Crippen LogP contribution in [0.3, 0.4) is 0 Å². The van der Waals surface area contributed by atoms with Crippen molar-refractivity contribution in [1.29, 1.82) is 0 Å². The van der Waals surface area contributed by atoms with Crippen molar-refractivity contribution in [2.75, 3.05) is 0 Å². The first-order chi connectivity index (χ1) is 13.7. The average molecular weight is 452 g/mol. The van der Waals surface area contributed by atoms with Gasteiger partial charge in [0.25, 0.3) is 5.91 Å². The van der Waals surface area contributed by atoms with Gasteiger partial charge in [-0.1, -0.05) is 17.7 Å². The number of nitrogens with one attached hydrogen (secondary N) is 2. The maximum Gasteiger partial charge on any atom is 0.271 e.